The van der Waals surface area contributed by atoms with Gasteiger partial charge in [0.2, 0.25) is 10.0 Å². The van der Waals surface area contributed by atoms with Crippen LogP contribution >= 0.6 is 0 Å². The molecule has 0 amide bonds. The van der Waals surface area contributed by atoms with Gasteiger partial charge in [-0.2, -0.15) is 4.31 Å². The van der Waals surface area contributed by atoms with Crippen molar-refractivity contribution in [1.29, 1.82) is 0 Å². The Bertz CT molecular complexity index is 625. The Morgan fingerprint density at radius 1 is 1.41 bits per heavy atom. The summed E-state index contributed by atoms with van der Waals surface area (Å²) in [7, 11) is -1.94. The van der Waals surface area contributed by atoms with E-state index in [2.05, 4.69) is 0 Å². The first-order chi connectivity index (χ1) is 10.5. The van der Waals surface area contributed by atoms with E-state index in [1.807, 2.05) is 0 Å². The number of nitrogens with zero attached hydrogens (tertiary/aromatic N) is 1. The Morgan fingerprint density at radius 2 is 2.05 bits per heavy atom. The van der Waals surface area contributed by atoms with Gasteiger partial charge in [0.25, 0.3) is 0 Å². The van der Waals surface area contributed by atoms with Gasteiger partial charge in [0.15, 0.2) is 0 Å². The minimum Gasteiger partial charge on any atom is -0.489 e. The molecule has 0 atom stereocenters. The fraction of sp³-hybridized carbons (Fsp3) is 0.429. The molecule has 1 heterocycles. The molecular weight excluding hydrogens is 311 g/mol. The zero-order chi connectivity index (χ0) is 16.2. The molecule has 1 saturated heterocycles. The number of halogens is 1. The van der Waals surface area contributed by atoms with Gasteiger partial charge in [-0.15, -0.1) is 0 Å². The molecule has 0 bridgehead atoms. The van der Waals surface area contributed by atoms with Gasteiger partial charge in [-0.3, -0.25) is 0 Å². The summed E-state index contributed by atoms with van der Waals surface area (Å²) in [5.41, 5.74) is 5.65. The van der Waals surface area contributed by atoms with Crippen LogP contribution in [-0.2, 0) is 14.8 Å². The SMILES string of the molecule is COC1CN(S(=O)(=O)c2ccc(OC/C(=C\F)CN)cc2)C1. The summed E-state index contributed by atoms with van der Waals surface area (Å²) >= 11 is 0. The molecule has 0 saturated carbocycles. The summed E-state index contributed by atoms with van der Waals surface area (Å²) in [6, 6.07) is 6.00. The fourth-order valence-corrected chi connectivity index (χ4v) is 3.42. The van der Waals surface area contributed by atoms with Crippen LogP contribution in [0.2, 0.25) is 0 Å². The van der Waals surface area contributed by atoms with E-state index in [1.54, 1.807) is 7.11 Å². The van der Waals surface area contributed by atoms with Crippen molar-refractivity contribution in [2.75, 3.05) is 33.4 Å². The highest BCUT2D eigenvalue weighted by molar-refractivity contribution is 7.89. The van der Waals surface area contributed by atoms with Crippen molar-refractivity contribution in [1.82, 2.24) is 4.31 Å². The number of nitrogens with two attached hydrogens (primary N) is 1. The Morgan fingerprint density at radius 3 is 2.55 bits per heavy atom. The van der Waals surface area contributed by atoms with E-state index >= 15 is 0 Å². The predicted molar refractivity (Wildman–Crippen MR) is 79.7 cm³/mol. The van der Waals surface area contributed by atoms with Gasteiger partial charge < -0.3 is 15.2 Å². The number of benzene rings is 1. The van der Waals surface area contributed by atoms with Crippen molar-refractivity contribution in [3.05, 3.63) is 36.2 Å². The summed E-state index contributed by atoms with van der Waals surface area (Å²) < 4.78 is 48.7. The number of methoxy groups -OCH3 is 1. The Balaban J connectivity index is 2.00. The van der Waals surface area contributed by atoms with Crippen LogP contribution in [0.15, 0.2) is 41.1 Å². The molecule has 1 aliphatic heterocycles. The van der Waals surface area contributed by atoms with Crippen LogP contribution in [0.5, 0.6) is 5.75 Å². The van der Waals surface area contributed by atoms with E-state index in [9.17, 15) is 12.8 Å². The monoisotopic (exact) mass is 330 g/mol. The lowest BCUT2D eigenvalue weighted by Crippen LogP contribution is -2.54. The first kappa shape index (κ1) is 16.9. The van der Waals surface area contributed by atoms with E-state index < -0.39 is 10.0 Å². The molecule has 122 valence electrons. The third kappa shape index (κ3) is 3.64. The summed E-state index contributed by atoms with van der Waals surface area (Å²) in [6.07, 6.45) is 0.370. The first-order valence-electron chi connectivity index (χ1n) is 6.75. The van der Waals surface area contributed by atoms with Crippen LogP contribution in [-0.4, -0.2) is 52.2 Å². The summed E-state index contributed by atoms with van der Waals surface area (Å²) in [6.45, 7) is 0.815. The van der Waals surface area contributed by atoms with Gasteiger partial charge in [-0.25, -0.2) is 12.8 Å². The summed E-state index contributed by atoms with van der Waals surface area (Å²) in [4.78, 5) is 0.189. The second kappa shape index (κ2) is 7.19. The number of rotatable bonds is 7. The zero-order valence-corrected chi connectivity index (χ0v) is 13.1. The minimum atomic E-state index is -3.50. The van der Waals surface area contributed by atoms with Gasteiger partial charge >= 0.3 is 0 Å². The van der Waals surface area contributed by atoms with Crippen LogP contribution in [0.3, 0.4) is 0 Å². The molecule has 1 aromatic rings. The van der Waals surface area contributed by atoms with Crippen LogP contribution in [0.1, 0.15) is 0 Å². The topological polar surface area (TPSA) is 81.9 Å². The van der Waals surface area contributed by atoms with E-state index in [-0.39, 0.29) is 24.2 Å². The van der Waals surface area contributed by atoms with Gasteiger partial charge in [0.1, 0.15) is 12.4 Å². The number of ether oxygens (including phenoxy) is 2. The van der Waals surface area contributed by atoms with E-state index in [0.717, 1.165) is 0 Å². The molecule has 2 rings (SSSR count). The summed E-state index contributed by atoms with van der Waals surface area (Å²) in [5.74, 6) is 0.449. The molecule has 0 unspecified atom stereocenters. The third-order valence-corrected chi connectivity index (χ3v) is 5.30. The zero-order valence-electron chi connectivity index (χ0n) is 12.2. The van der Waals surface area contributed by atoms with Crippen molar-refractivity contribution in [3.8, 4) is 5.75 Å². The maximum atomic E-state index is 12.4. The standard InChI is InChI=1S/C14H19FN2O4S/c1-20-13-8-17(9-13)22(18,19)14-4-2-12(3-5-14)21-10-11(6-15)7-16/h2-6,13H,7-10,16H2,1H3/b11-6-. The van der Waals surface area contributed by atoms with Crippen molar-refractivity contribution < 1.29 is 22.3 Å². The van der Waals surface area contributed by atoms with Crippen LogP contribution in [0, 0.1) is 0 Å². The molecule has 22 heavy (non-hydrogen) atoms. The lowest BCUT2D eigenvalue weighted by molar-refractivity contribution is 0.0125. The maximum absolute atomic E-state index is 12.4. The number of sulfonamides is 1. The van der Waals surface area contributed by atoms with Crippen molar-refractivity contribution in [2.45, 2.75) is 11.0 Å². The molecule has 8 heteroatoms. The molecule has 1 fully saturated rings. The largest absolute Gasteiger partial charge is 0.489 e. The molecule has 0 radical (unpaired) electrons. The van der Waals surface area contributed by atoms with Gasteiger partial charge in [0, 0.05) is 32.3 Å². The Kier molecular flexibility index (Phi) is 5.52. The molecule has 2 N–H and O–H groups in total. The minimum absolute atomic E-state index is 0.0285. The van der Waals surface area contributed by atoms with Crippen LogP contribution in [0.4, 0.5) is 4.39 Å². The molecular formula is C14H19FN2O4S. The van der Waals surface area contributed by atoms with Gasteiger partial charge in [-0.1, -0.05) is 0 Å². The Hall–Kier alpha value is -1.48. The highest BCUT2D eigenvalue weighted by atomic mass is 32.2. The molecule has 0 aromatic heterocycles. The number of hydrogen-bond donors (Lipinski definition) is 1. The quantitative estimate of drug-likeness (QED) is 0.803. The normalized spacial score (nSPS) is 17.3. The van der Waals surface area contributed by atoms with Crippen LogP contribution in [0.25, 0.3) is 0 Å². The lowest BCUT2D eigenvalue weighted by atomic mass is 10.2. The third-order valence-electron chi connectivity index (χ3n) is 3.45. The van der Waals surface area contributed by atoms with E-state index in [1.165, 1.54) is 28.6 Å². The maximum Gasteiger partial charge on any atom is 0.243 e. The summed E-state index contributed by atoms with van der Waals surface area (Å²) in [5, 5.41) is 0. The predicted octanol–water partition coefficient (Wildman–Crippen LogP) is 0.897. The molecule has 6 nitrogen and oxygen atoms in total. The highest BCUT2D eigenvalue weighted by Crippen LogP contribution is 2.24. The fourth-order valence-electron chi connectivity index (χ4n) is 1.91. The second-order valence-corrected chi connectivity index (χ2v) is 6.85. The Labute approximate surface area is 129 Å². The average molecular weight is 330 g/mol. The van der Waals surface area contributed by atoms with Crippen molar-refractivity contribution in [2.24, 2.45) is 5.73 Å². The molecule has 1 aromatic carbocycles. The molecule has 0 aliphatic carbocycles. The van der Waals surface area contributed by atoms with Crippen LogP contribution < -0.4 is 10.5 Å². The van der Waals surface area contributed by atoms with Crippen molar-refractivity contribution in [3.63, 3.8) is 0 Å². The van der Waals surface area contributed by atoms with Gasteiger partial charge in [0.05, 0.1) is 17.3 Å². The molecule has 0 spiro atoms. The smallest absolute Gasteiger partial charge is 0.243 e. The average Bonchev–Trinajstić information content (AvgIpc) is 2.47. The van der Waals surface area contributed by atoms with E-state index in [0.29, 0.717) is 30.7 Å². The lowest BCUT2D eigenvalue weighted by Gasteiger charge is -2.36. The van der Waals surface area contributed by atoms with Gasteiger partial charge in [-0.05, 0) is 24.3 Å². The second-order valence-electron chi connectivity index (χ2n) is 4.91. The first-order valence-corrected chi connectivity index (χ1v) is 8.19. The van der Waals surface area contributed by atoms with E-state index in [4.69, 9.17) is 15.2 Å². The molecule has 1 aliphatic rings. The highest BCUT2D eigenvalue weighted by Gasteiger charge is 2.36. The number of hydrogen-bond acceptors (Lipinski definition) is 5. The van der Waals surface area contributed by atoms with Crippen molar-refractivity contribution >= 4 is 10.0 Å².